The second-order valence-electron chi connectivity index (χ2n) is 8.18. The molecule has 1 spiro atoms. The van der Waals surface area contributed by atoms with E-state index < -0.39 is 0 Å². The number of amides is 1. The van der Waals surface area contributed by atoms with Crippen LogP contribution in [0, 0.1) is 5.41 Å². The second kappa shape index (κ2) is 7.02. The number of imidazole rings is 1. The quantitative estimate of drug-likeness (QED) is 0.765. The topological polar surface area (TPSA) is 63.1 Å². The van der Waals surface area contributed by atoms with Crippen LogP contribution in [0.25, 0.3) is 11.2 Å². The van der Waals surface area contributed by atoms with Crippen LogP contribution in [0.15, 0.2) is 48.9 Å². The summed E-state index contributed by atoms with van der Waals surface area (Å²) in [6.07, 6.45) is 6.97. The van der Waals surface area contributed by atoms with Crippen LogP contribution in [0.1, 0.15) is 35.2 Å². The molecule has 2 aromatic heterocycles. The maximum absolute atomic E-state index is 13.1. The van der Waals surface area contributed by atoms with Gasteiger partial charge in [-0.1, -0.05) is 30.3 Å². The van der Waals surface area contributed by atoms with Crippen LogP contribution in [-0.2, 0) is 6.54 Å². The Bertz CT molecular complexity index is 991. The van der Waals surface area contributed by atoms with Crippen LogP contribution in [0.5, 0.6) is 0 Å². The molecule has 6 nitrogen and oxygen atoms in total. The predicted octanol–water partition coefficient (Wildman–Crippen LogP) is 2.70. The first-order valence-electron chi connectivity index (χ1n) is 10.1. The molecule has 2 saturated heterocycles. The van der Waals surface area contributed by atoms with Crippen molar-refractivity contribution >= 4 is 17.1 Å². The zero-order valence-electron chi connectivity index (χ0n) is 16.0. The molecule has 1 atom stereocenters. The van der Waals surface area contributed by atoms with Gasteiger partial charge in [-0.2, -0.15) is 0 Å². The first-order valence-corrected chi connectivity index (χ1v) is 10.1. The van der Waals surface area contributed by atoms with Crippen molar-refractivity contribution in [1.29, 1.82) is 0 Å². The van der Waals surface area contributed by atoms with Gasteiger partial charge in [0.1, 0.15) is 5.52 Å². The van der Waals surface area contributed by atoms with Crippen LogP contribution in [0.2, 0.25) is 0 Å². The fraction of sp³-hybridized carbons (Fsp3) is 0.409. The normalized spacial score (nSPS) is 22.2. The number of benzene rings is 1. The summed E-state index contributed by atoms with van der Waals surface area (Å²) in [6.45, 7) is 4.49. The first kappa shape index (κ1) is 17.4. The van der Waals surface area contributed by atoms with E-state index in [1.165, 1.54) is 12.0 Å². The number of pyridine rings is 1. The number of aromatic nitrogens is 3. The van der Waals surface area contributed by atoms with Gasteiger partial charge in [-0.3, -0.25) is 4.79 Å². The molecule has 3 aromatic rings. The molecule has 0 bridgehead atoms. The molecule has 1 N–H and O–H groups in total. The summed E-state index contributed by atoms with van der Waals surface area (Å²) in [5.41, 5.74) is 3.70. The lowest BCUT2D eigenvalue weighted by Gasteiger charge is -2.40. The van der Waals surface area contributed by atoms with Crippen LogP contribution in [0.4, 0.5) is 0 Å². The van der Waals surface area contributed by atoms with Gasteiger partial charge < -0.3 is 14.8 Å². The zero-order chi connectivity index (χ0) is 19.0. The van der Waals surface area contributed by atoms with Gasteiger partial charge in [0.05, 0.1) is 18.4 Å². The van der Waals surface area contributed by atoms with Crippen molar-refractivity contribution in [3.05, 3.63) is 60.0 Å². The summed E-state index contributed by atoms with van der Waals surface area (Å²) >= 11 is 0. The highest BCUT2D eigenvalue weighted by molar-refractivity contribution is 5.96. The number of piperidine rings is 1. The SMILES string of the molecule is O=C(c1cnc2c(c1)ncn2Cc1ccccc1)N1CCCC2(CCNC2)C1. The summed E-state index contributed by atoms with van der Waals surface area (Å²) in [7, 11) is 0. The molecule has 4 heterocycles. The summed E-state index contributed by atoms with van der Waals surface area (Å²) < 4.78 is 2.03. The third kappa shape index (κ3) is 3.18. The number of nitrogens with one attached hydrogen (secondary N) is 1. The molecule has 1 amide bonds. The third-order valence-electron chi connectivity index (χ3n) is 6.18. The van der Waals surface area contributed by atoms with Gasteiger partial charge in [0.2, 0.25) is 0 Å². The highest BCUT2D eigenvalue weighted by atomic mass is 16.2. The van der Waals surface area contributed by atoms with E-state index in [0.717, 1.165) is 56.7 Å². The first-order chi connectivity index (χ1) is 13.7. The van der Waals surface area contributed by atoms with Gasteiger partial charge in [-0.15, -0.1) is 0 Å². The molecule has 6 heteroatoms. The molecule has 0 aliphatic carbocycles. The van der Waals surface area contributed by atoms with E-state index in [0.29, 0.717) is 5.56 Å². The summed E-state index contributed by atoms with van der Waals surface area (Å²) in [5, 5.41) is 3.47. The number of hydrogen-bond acceptors (Lipinski definition) is 4. The summed E-state index contributed by atoms with van der Waals surface area (Å²) in [4.78, 5) is 24.2. The number of carbonyl (C=O) groups excluding carboxylic acids is 1. The average molecular weight is 375 g/mol. The molecule has 2 aliphatic rings. The lowest BCUT2D eigenvalue weighted by atomic mass is 9.79. The minimum Gasteiger partial charge on any atom is -0.338 e. The molecular formula is C22H25N5O. The summed E-state index contributed by atoms with van der Waals surface area (Å²) in [6, 6.07) is 12.1. The molecule has 1 unspecified atom stereocenters. The van der Waals surface area contributed by atoms with Gasteiger partial charge in [-0.05, 0) is 37.4 Å². The average Bonchev–Trinajstić information content (AvgIpc) is 3.35. The largest absolute Gasteiger partial charge is 0.338 e. The highest BCUT2D eigenvalue weighted by Gasteiger charge is 2.39. The Morgan fingerprint density at radius 3 is 2.89 bits per heavy atom. The molecular weight excluding hydrogens is 350 g/mol. The van der Waals surface area contributed by atoms with Crippen LogP contribution in [-0.4, -0.2) is 51.5 Å². The van der Waals surface area contributed by atoms with E-state index in [2.05, 4.69) is 27.4 Å². The monoisotopic (exact) mass is 375 g/mol. The standard InChI is InChI=1S/C22H25N5O/c28-21(26-10-4-7-22(15-26)8-9-23-14-22)18-11-19-20(24-12-18)27(16-25-19)13-17-5-2-1-3-6-17/h1-3,5-6,11-12,16,23H,4,7-10,13-15H2. The van der Waals surface area contributed by atoms with Crippen molar-refractivity contribution in [2.75, 3.05) is 26.2 Å². The van der Waals surface area contributed by atoms with Gasteiger partial charge in [-0.25, -0.2) is 9.97 Å². The smallest absolute Gasteiger partial charge is 0.255 e. The lowest BCUT2D eigenvalue weighted by molar-refractivity contribution is 0.0553. The molecule has 2 fully saturated rings. The minimum atomic E-state index is 0.0815. The molecule has 28 heavy (non-hydrogen) atoms. The number of hydrogen-bond donors (Lipinski definition) is 1. The van der Waals surface area contributed by atoms with Gasteiger partial charge in [0.15, 0.2) is 5.65 Å². The highest BCUT2D eigenvalue weighted by Crippen LogP contribution is 2.36. The minimum absolute atomic E-state index is 0.0815. The van der Waals surface area contributed by atoms with Crippen LogP contribution in [0.3, 0.4) is 0 Å². The maximum atomic E-state index is 13.1. The second-order valence-corrected chi connectivity index (χ2v) is 8.18. The Morgan fingerprint density at radius 1 is 1.18 bits per heavy atom. The van der Waals surface area contributed by atoms with Crippen molar-refractivity contribution in [3.8, 4) is 0 Å². The molecule has 1 aromatic carbocycles. The predicted molar refractivity (Wildman–Crippen MR) is 108 cm³/mol. The Balaban J connectivity index is 1.37. The fourth-order valence-corrected chi connectivity index (χ4v) is 4.67. The van der Waals surface area contributed by atoms with Crippen molar-refractivity contribution in [1.82, 2.24) is 24.8 Å². The van der Waals surface area contributed by atoms with Crippen molar-refractivity contribution in [3.63, 3.8) is 0 Å². The van der Waals surface area contributed by atoms with E-state index in [4.69, 9.17) is 0 Å². The lowest BCUT2D eigenvalue weighted by Crippen LogP contribution is -2.47. The van der Waals surface area contributed by atoms with Crippen LogP contribution >= 0.6 is 0 Å². The Morgan fingerprint density at radius 2 is 2.07 bits per heavy atom. The van der Waals surface area contributed by atoms with E-state index in [-0.39, 0.29) is 11.3 Å². The van der Waals surface area contributed by atoms with Gasteiger partial charge in [0, 0.05) is 31.2 Å². The van der Waals surface area contributed by atoms with E-state index >= 15 is 0 Å². The maximum Gasteiger partial charge on any atom is 0.255 e. The summed E-state index contributed by atoms with van der Waals surface area (Å²) in [5.74, 6) is 0.0815. The number of carbonyl (C=O) groups is 1. The molecule has 2 aliphatic heterocycles. The Kier molecular flexibility index (Phi) is 4.36. The number of nitrogens with zero attached hydrogens (tertiary/aromatic N) is 4. The van der Waals surface area contributed by atoms with Gasteiger partial charge >= 0.3 is 0 Å². The van der Waals surface area contributed by atoms with Gasteiger partial charge in [0.25, 0.3) is 5.91 Å². The van der Waals surface area contributed by atoms with E-state index in [1.807, 2.05) is 33.7 Å². The van der Waals surface area contributed by atoms with Crippen molar-refractivity contribution < 1.29 is 4.79 Å². The molecule has 0 saturated carbocycles. The third-order valence-corrected chi connectivity index (χ3v) is 6.18. The number of rotatable bonds is 3. The molecule has 5 rings (SSSR count). The van der Waals surface area contributed by atoms with Crippen molar-refractivity contribution in [2.24, 2.45) is 5.41 Å². The number of likely N-dealkylation sites (tertiary alicyclic amines) is 1. The Labute approximate surface area is 164 Å². The molecule has 144 valence electrons. The molecule has 0 radical (unpaired) electrons. The zero-order valence-corrected chi connectivity index (χ0v) is 16.0. The van der Waals surface area contributed by atoms with Crippen molar-refractivity contribution in [2.45, 2.75) is 25.8 Å². The Hall–Kier alpha value is -2.73. The number of fused-ring (bicyclic) bond motifs is 1. The van der Waals surface area contributed by atoms with E-state index in [1.54, 1.807) is 12.5 Å². The van der Waals surface area contributed by atoms with E-state index in [9.17, 15) is 4.79 Å². The fourth-order valence-electron chi connectivity index (χ4n) is 4.67. The van der Waals surface area contributed by atoms with Crippen LogP contribution < -0.4 is 5.32 Å².